The van der Waals surface area contributed by atoms with E-state index >= 15 is 0 Å². The third kappa shape index (κ3) is 2.92. The summed E-state index contributed by atoms with van der Waals surface area (Å²) in [6, 6.07) is -1.28. The van der Waals surface area contributed by atoms with E-state index in [0.29, 0.717) is 17.9 Å². The number of cyclic esters (lactones) is 4. The van der Waals surface area contributed by atoms with E-state index in [4.69, 9.17) is 0 Å². The molecule has 2 fully saturated rings. The van der Waals surface area contributed by atoms with Crippen LogP contribution in [0.1, 0.15) is 6.42 Å². The van der Waals surface area contributed by atoms with Crippen LogP contribution in [0, 0.1) is 0 Å². The van der Waals surface area contributed by atoms with E-state index in [-0.39, 0.29) is 0 Å². The second-order valence-electron chi connectivity index (χ2n) is 3.67. The van der Waals surface area contributed by atoms with E-state index in [9.17, 15) is 19.2 Å². The number of carbonyl (C=O) groups is 4. The Morgan fingerprint density at radius 2 is 1.50 bits per heavy atom. The largest absolute Gasteiger partial charge is 0.415 e. The summed E-state index contributed by atoms with van der Waals surface area (Å²) in [6.07, 6.45) is -1.07. The predicted molar refractivity (Wildman–Crippen MR) is 58.8 cm³/mol. The number of nitrogens with one attached hydrogen (secondary N) is 2. The molecule has 0 aliphatic carbocycles. The fourth-order valence-electron chi connectivity index (χ4n) is 1.49. The van der Waals surface area contributed by atoms with Crippen molar-refractivity contribution in [2.24, 2.45) is 0 Å². The summed E-state index contributed by atoms with van der Waals surface area (Å²) in [6.45, 7) is 0. The fourth-order valence-corrected chi connectivity index (χ4v) is 2.51. The summed E-state index contributed by atoms with van der Waals surface area (Å²) < 4.78 is 8.61. The van der Waals surface area contributed by atoms with Gasteiger partial charge in [0.15, 0.2) is 0 Å². The molecule has 1 unspecified atom stereocenters. The van der Waals surface area contributed by atoms with Crippen molar-refractivity contribution < 1.29 is 28.7 Å². The zero-order valence-electron chi connectivity index (χ0n) is 9.13. The molecule has 0 bridgehead atoms. The molecule has 0 spiro atoms. The van der Waals surface area contributed by atoms with Crippen LogP contribution in [-0.2, 0) is 19.1 Å². The maximum absolute atomic E-state index is 11.1. The van der Waals surface area contributed by atoms with Gasteiger partial charge in [-0.25, -0.2) is 19.2 Å². The lowest BCUT2D eigenvalue weighted by molar-refractivity contribution is -0.136. The van der Waals surface area contributed by atoms with Crippen LogP contribution in [0.5, 0.6) is 0 Å². The number of thioether (sulfide) groups is 1. The molecule has 0 aromatic carbocycles. The number of alkyl carbamates (subject to hydrolysis) is 2. The summed E-state index contributed by atoms with van der Waals surface area (Å²) in [4.78, 5) is 43.6. The number of hydrogen-bond acceptors (Lipinski definition) is 7. The van der Waals surface area contributed by atoms with E-state index in [2.05, 4.69) is 20.1 Å². The lowest BCUT2D eigenvalue weighted by Gasteiger charge is -2.07. The molecular weight excluding hydrogens is 264 g/mol. The molecule has 0 saturated carbocycles. The molecule has 0 radical (unpaired) electrons. The van der Waals surface area contributed by atoms with E-state index in [1.54, 1.807) is 0 Å². The second kappa shape index (κ2) is 5.25. The highest BCUT2D eigenvalue weighted by Crippen LogP contribution is 2.13. The van der Waals surface area contributed by atoms with Crippen LogP contribution >= 0.6 is 11.8 Å². The zero-order chi connectivity index (χ0) is 13.1. The quantitative estimate of drug-likeness (QED) is 0.390. The number of hydrogen-bond donors (Lipinski definition) is 2. The maximum atomic E-state index is 11.1. The van der Waals surface area contributed by atoms with Crippen LogP contribution in [-0.4, -0.2) is 47.7 Å². The smallest absolute Gasteiger partial charge is 0.375 e. The average molecular weight is 274 g/mol. The van der Waals surface area contributed by atoms with Crippen molar-refractivity contribution in [2.75, 3.05) is 11.5 Å². The Morgan fingerprint density at radius 1 is 0.944 bits per heavy atom. The molecule has 2 aliphatic rings. The molecule has 0 aromatic heterocycles. The van der Waals surface area contributed by atoms with Gasteiger partial charge in [0.25, 0.3) is 0 Å². The minimum atomic E-state index is -0.739. The molecule has 0 aromatic rings. The lowest BCUT2D eigenvalue weighted by atomic mass is 10.2. The number of carbonyl (C=O) groups excluding carboxylic acids is 4. The number of esters is 2. The number of rotatable bonds is 5. The van der Waals surface area contributed by atoms with Gasteiger partial charge < -0.3 is 20.1 Å². The summed E-state index contributed by atoms with van der Waals surface area (Å²) in [7, 11) is 0. The molecule has 2 atom stereocenters. The molecule has 98 valence electrons. The van der Waals surface area contributed by atoms with Crippen LogP contribution in [0.3, 0.4) is 0 Å². The number of amides is 2. The Bertz CT molecular complexity index is 374. The predicted octanol–water partition coefficient (Wildman–Crippen LogP) is -0.620. The minimum absolute atomic E-state index is 0.361. The monoisotopic (exact) mass is 274 g/mol. The third-order valence-electron chi connectivity index (χ3n) is 2.38. The first-order chi connectivity index (χ1) is 8.56. The minimum Gasteiger partial charge on any atom is -0.375 e. The Kier molecular flexibility index (Phi) is 3.70. The second-order valence-corrected chi connectivity index (χ2v) is 4.82. The van der Waals surface area contributed by atoms with Crippen LogP contribution in [0.15, 0.2) is 0 Å². The van der Waals surface area contributed by atoms with Crippen LogP contribution in [0.2, 0.25) is 0 Å². The van der Waals surface area contributed by atoms with E-state index < -0.39 is 36.2 Å². The van der Waals surface area contributed by atoms with Gasteiger partial charge in [0.05, 0.1) is 0 Å². The molecule has 2 rings (SSSR count). The highest BCUT2D eigenvalue weighted by molar-refractivity contribution is 7.99. The summed E-state index contributed by atoms with van der Waals surface area (Å²) in [5.74, 6) is -0.282. The van der Waals surface area contributed by atoms with Crippen molar-refractivity contribution in [3.8, 4) is 0 Å². The van der Waals surface area contributed by atoms with E-state index in [1.165, 1.54) is 11.8 Å². The average Bonchev–Trinajstić information content (AvgIpc) is 2.77. The Labute approximate surface area is 106 Å². The van der Waals surface area contributed by atoms with Gasteiger partial charge in [-0.05, 0) is 12.2 Å². The molecule has 2 saturated heterocycles. The van der Waals surface area contributed by atoms with Crippen molar-refractivity contribution in [3.63, 3.8) is 0 Å². The van der Waals surface area contributed by atoms with Gasteiger partial charge in [-0.15, -0.1) is 0 Å². The van der Waals surface area contributed by atoms with Crippen molar-refractivity contribution in [2.45, 2.75) is 18.5 Å². The topological polar surface area (TPSA) is 111 Å². The summed E-state index contributed by atoms with van der Waals surface area (Å²) in [5.41, 5.74) is 0. The molecule has 2 aliphatic heterocycles. The van der Waals surface area contributed by atoms with Crippen molar-refractivity contribution in [3.05, 3.63) is 0 Å². The third-order valence-corrected chi connectivity index (χ3v) is 3.47. The standard InChI is InChI=1S/C9H10N2O6S/c12-6-4(10-8(14)16-6)1-2-18-3-5-7(13)17-9(15)11-5/h4-5H,1-3H2,(H,10,14)(H,11,15)/t4?,5-/m0/s1. The zero-order valence-corrected chi connectivity index (χ0v) is 9.95. The molecular formula is C9H10N2O6S. The van der Waals surface area contributed by atoms with Gasteiger partial charge in [0, 0.05) is 5.75 Å². The van der Waals surface area contributed by atoms with E-state index in [0.717, 1.165) is 0 Å². The fraction of sp³-hybridized carbons (Fsp3) is 0.556. The van der Waals surface area contributed by atoms with Crippen LogP contribution < -0.4 is 10.6 Å². The molecule has 18 heavy (non-hydrogen) atoms. The van der Waals surface area contributed by atoms with Crippen LogP contribution in [0.4, 0.5) is 9.59 Å². The van der Waals surface area contributed by atoms with Crippen LogP contribution in [0.25, 0.3) is 0 Å². The molecule has 2 amide bonds. The Balaban J connectivity index is 1.64. The molecule has 8 nitrogen and oxygen atoms in total. The Morgan fingerprint density at radius 3 is 2.00 bits per heavy atom. The van der Waals surface area contributed by atoms with E-state index in [1.807, 2.05) is 0 Å². The number of ether oxygens (including phenoxy) is 2. The normalized spacial score (nSPS) is 26.7. The van der Waals surface area contributed by atoms with Gasteiger partial charge in [0.1, 0.15) is 12.1 Å². The maximum Gasteiger partial charge on any atom is 0.415 e. The highest BCUT2D eigenvalue weighted by atomic mass is 32.2. The first kappa shape index (κ1) is 12.7. The lowest BCUT2D eigenvalue weighted by Crippen LogP contribution is -2.32. The Hall–Kier alpha value is -1.77. The van der Waals surface area contributed by atoms with Crippen molar-refractivity contribution >= 4 is 35.9 Å². The first-order valence-electron chi connectivity index (χ1n) is 5.18. The van der Waals surface area contributed by atoms with Gasteiger partial charge in [-0.3, -0.25) is 0 Å². The van der Waals surface area contributed by atoms with Gasteiger partial charge in [-0.1, -0.05) is 0 Å². The summed E-state index contributed by atoms with van der Waals surface area (Å²) >= 11 is 1.37. The van der Waals surface area contributed by atoms with Gasteiger partial charge in [0.2, 0.25) is 0 Å². The van der Waals surface area contributed by atoms with Crippen molar-refractivity contribution in [1.29, 1.82) is 0 Å². The van der Waals surface area contributed by atoms with Gasteiger partial charge in [-0.2, -0.15) is 11.8 Å². The SMILES string of the molecule is O=C1NC(CCSC[C@@H]2NC(=O)OC2=O)C(=O)O1. The highest BCUT2D eigenvalue weighted by Gasteiger charge is 2.33. The first-order valence-corrected chi connectivity index (χ1v) is 6.34. The molecule has 9 heteroatoms. The molecule has 2 N–H and O–H groups in total. The van der Waals surface area contributed by atoms with Gasteiger partial charge >= 0.3 is 24.1 Å². The summed E-state index contributed by atoms with van der Waals surface area (Å²) in [5, 5.41) is 4.72. The molecule has 2 heterocycles. The van der Waals surface area contributed by atoms with Crippen molar-refractivity contribution in [1.82, 2.24) is 10.6 Å².